The van der Waals surface area contributed by atoms with Crippen molar-refractivity contribution in [3.63, 3.8) is 0 Å². The zero-order chi connectivity index (χ0) is 16.9. The summed E-state index contributed by atoms with van der Waals surface area (Å²) in [5.41, 5.74) is 1.10. The van der Waals surface area contributed by atoms with Crippen molar-refractivity contribution in [1.29, 1.82) is 0 Å². The first-order valence-corrected chi connectivity index (χ1v) is 9.02. The molecule has 0 unspecified atom stereocenters. The lowest BCUT2D eigenvalue weighted by atomic mass is 10.2. The molecule has 0 spiro atoms. The van der Waals surface area contributed by atoms with Gasteiger partial charge in [0.1, 0.15) is 0 Å². The molecule has 2 N–H and O–H groups in total. The molecule has 1 aromatic heterocycles. The van der Waals surface area contributed by atoms with E-state index in [4.69, 9.17) is 21.7 Å². The van der Waals surface area contributed by atoms with E-state index in [-0.39, 0.29) is 0 Å². The Balaban J connectivity index is 1.49. The topological polar surface area (TPSA) is 45.8 Å². The second-order valence-corrected chi connectivity index (χ2v) is 7.13. The molecule has 3 rings (SSSR count). The van der Waals surface area contributed by atoms with Crippen molar-refractivity contribution in [1.82, 2.24) is 15.5 Å². The molecule has 1 aliphatic rings. The van der Waals surface area contributed by atoms with Crippen LogP contribution >= 0.6 is 23.6 Å². The van der Waals surface area contributed by atoms with Crippen LogP contribution in [0.5, 0.6) is 11.5 Å². The van der Waals surface area contributed by atoms with Gasteiger partial charge < -0.3 is 25.0 Å². The number of nitrogens with zero attached hydrogens (tertiary/aromatic N) is 1. The Kier molecular flexibility index (Phi) is 5.55. The molecule has 2 aromatic rings. The maximum Gasteiger partial charge on any atom is 0.231 e. The van der Waals surface area contributed by atoms with Gasteiger partial charge in [-0.2, -0.15) is 0 Å². The molecule has 7 heteroatoms. The van der Waals surface area contributed by atoms with Gasteiger partial charge in [-0.15, -0.1) is 11.3 Å². The van der Waals surface area contributed by atoms with Gasteiger partial charge >= 0.3 is 0 Å². The third kappa shape index (κ3) is 4.17. The van der Waals surface area contributed by atoms with Gasteiger partial charge in [0.05, 0.1) is 6.04 Å². The summed E-state index contributed by atoms with van der Waals surface area (Å²) in [5.74, 6) is 1.59. The Morgan fingerprint density at radius 1 is 1.25 bits per heavy atom. The highest BCUT2D eigenvalue weighted by molar-refractivity contribution is 7.80. The lowest BCUT2D eigenvalue weighted by molar-refractivity contribution is 0.174. The highest BCUT2D eigenvalue weighted by Gasteiger charge is 2.16. The Bertz CT molecular complexity index is 689. The molecule has 0 bridgehead atoms. The van der Waals surface area contributed by atoms with Crippen LogP contribution in [-0.2, 0) is 6.54 Å². The van der Waals surface area contributed by atoms with Crippen LogP contribution in [0.3, 0.4) is 0 Å². The van der Waals surface area contributed by atoms with Crippen molar-refractivity contribution in [2.45, 2.75) is 12.6 Å². The van der Waals surface area contributed by atoms with E-state index >= 15 is 0 Å². The molecule has 0 amide bonds. The summed E-state index contributed by atoms with van der Waals surface area (Å²) < 4.78 is 10.7. The third-order valence-corrected chi connectivity index (χ3v) is 5.10. The summed E-state index contributed by atoms with van der Waals surface area (Å²) >= 11 is 7.16. The van der Waals surface area contributed by atoms with Crippen LogP contribution in [0, 0.1) is 0 Å². The predicted molar refractivity (Wildman–Crippen MR) is 101 cm³/mol. The van der Waals surface area contributed by atoms with E-state index in [9.17, 15) is 0 Å². The van der Waals surface area contributed by atoms with Crippen molar-refractivity contribution in [2.24, 2.45) is 0 Å². The molecule has 1 aromatic carbocycles. The number of ether oxygens (including phenoxy) is 2. The van der Waals surface area contributed by atoms with Crippen LogP contribution in [0.4, 0.5) is 0 Å². The predicted octanol–water partition coefficient (Wildman–Crippen LogP) is 2.74. The number of benzene rings is 1. The molecular weight excluding hydrogens is 342 g/mol. The fraction of sp³-hybridized carbons (Fsp3) is 0.353. The number of likely N-dealkylation sites (N-methyl/N-ethyl adjacent to an activating group) is 1. The van der Waals surface area contributed by atoms with Crippen LogP contribution < -0.4 is 20.1 Å². The van der Waals surface area contributed by atoms with Crippen LogP contribution in [0.25, 0.3) is 0 Å². The smallest absolute Gasteiger partial charge is 0.231 e. The van der Waals surface area contributed by atoms with Crippen LogP contribution in [0.1, 0.15) is 16.5 Å². The summed E-state index contributed by atoms with van der Waals surface area (Å²) in [6, 6.07) is 10.4. The molecule has 0 radical (unpaired) electrons. The van der Waals surface area contributed by atoms with E-state index in [2.05, 4.69) is 47.1 Å². The normalized spacial score (nSPS) is 13.8. The minimum absolute atomic E-state index is 0.292. The first-order valence-electron chi connectivity index (χ1n) is 7.73. The van der Waals surface area contributed by atoms with Gasteiger partial charge in [-0.1, -0.05) is 12.1 Å². The molecule has 1 atom stereocenters. The Labute approximate surface area is 151 Å². The summed E-state index contributed by atoms with van der Waals surface area (Å²) in [4.78, 5) is 3.52. The van der Waals surface area contributed by atoms with Gasteiger partial charge in [0.15, 0.2) is 16.6 Å². The molecule has 24 heavy (non-hydrogen) atoms. The van der Waals surface area contributed by atoms with Gasteiger partial charge in [0.25, 0.3) is 0 Å². The van der Waals surface area contributed by atoms with Gasteiger partial charge in [0, 0.05) is 18.0 Å². The van der Waals surface area contributed by atoms with Crippen molar-refractivity contribution in [3.05, 3.63) is 46.2 Å². The summed E-state index contributed by atoms with van der Waals surface area (Å²) in [5, 5.41) is 9.29. The minimum Gasteiger partial charge on any atom is -0.454 e. The van der Waals surface area contributed by atoms with Crippen LogP contribution in [-0.4, -0.2) is 37.4 Å². The summed E-state index contributed by atoms with van der Waals surface area (Å²) in [7, 11) is 4.16. The van der Waals surface area contributed by atoms with Gasteiger partial charge in [0.2, 0.25) is 6.79 Å². The number of rotatable bonds is 6. The third-order valence-electron chi connectivity index (χ3n) is 3.84. The van der Waals surface area contributed by atoms with Gasteiger partial charge in [-0.25, -0.2) is 0 Å². The van der Waals surface area contributed by atoms with E-state index < -0.39 is 0 Å². The average Bonchev–Trinajstić information content (AvgIpc) is 3.23. The fourth-order valence-electron chi connectivity index (χ4n) is 2.50. The summed E-state index contributed by atoms with van der Waals surface area (Å²) in [6.07, 6.45) is 0. The highest BCUT2D eigenvalue weighted by Crippen LogP contribution is 2.32. The van der Waals surface area contributed by atoms with E-state index in [1.807, 2.05) is 18.2 Å². The van der Waals surface area contributed by atoms with Crippen LogP contribution in [0.15, 0.2) is 35.7 Å². The largest absolute Gasteiger partial charge is 0.454 e. The average molecular weight is 364 g/mol. The quantitative estimate of drug-likeness (QED) is 0.770. The molecule has 0 saturated carbocycles. The van der Waals surface area contributed by atoms with Crippen molar-refractivity contribution in [3.8, 4) is 11.5 Å². The Morgan fingerprint density at radius 2 is 2.08 bits per heavy atom. The Hall–Kier alpha value is -1.83. The minimum atomic E-state index is 0.292. The number of thiocarbonyl (C=S) groups is 1. The van der Waals surface area contributed by atoms with E-state index in [1.54, 1.807) is 11.3 Å². The molecule has 5 nitrogen and oxygen atoms in total. The molecule has 0 aliphatic carbocycles. The Morgan fingerprint density at radius 3 is 2.83 bits per heavy atom. The number of fused-ring (bicyclic) bond motifs is 1. The monoisotopic (exact) mass is 363 g/mol. The lowest BCUT2D eigenvalue weighted by Gasteiger charge is -2.24. The van der Waals surface area contributed by atoms with Crippen LogP contribution in [0.2, 0.25) is 0 Å². The molecular formula is C17H21N3O2S2. The standard InChI is InChI=1S/C17H21N3O2S2/c1-20(2)13(16-4-3-7-24-16)10-19-17(23)18-9-12-5-6-14-15(8-12)22-11-21-14/h3-8,13H,9-11H2,1-2H3,(H2,18,19,23)/t13-/m1/s1. The molecule has 0 fully saturated rings. The van der Waals surface area contributed by atoms with E-state index in [0.29, 0.717) is 24.5 Å². The zero-order valence-electron chi connectivity index (χ0n) is 13.7. The van der Waals surface area contributed by atoms with Crippen molar-refractivity contribution >= 4 is 28.7 Å². The first kappa shape index (κ1) is 17.0. The second-order valence-electron chi connectivity index (χ2n) is 5.75. The van der Waals surface area contributed by atoms with Crippen molar-refractivity contribution in [2.75, 3.05) is 27.4 Å². The highest BCUT2D eigenvalue weighted by atomic mass is 32.1. The SMILES string of the molecule is CN(C)[C@H](CNC(=S)NCc1ccc2c(c1)OCO2)c1cccs1. The van der Waals surface area contributed by atoms with Gasteiger partial charge in [-0.3, -0.25) is 0 Å². The molecule has 128 valence electrons. The second kappa shape index (κ2) is 7.83. The first-order chi connectivity index (χ1) is 11.6. The van der Waals surface area contributed by atoms with Gasteiger partial charge in [-0.05, 0) is 55.5 Å². The number of hydrogen-bond donors (Lipinski definition) is 2. The maximum atomic E-state index is 5.39. The fourth-order valence-corrected chi connectivity index (χ4v) is 3.58. The molecule has 1 aliphatic heterocycles. The number of hydrogen-bond acceptors (Lipinski definition) is 5. The van der Waals surface area contributed by atoms with E-state index in [0.717, 1.165) is 23.6 Å². The zero-order valence-corrected chi connectivity index (χ0v) is 15.4. The maximum absolute atomic E-state index is 5.39. The van der Waals surface area contributed by atoms with E-state index in [1.165, 1.54) is 4.88 Å². The number of nitrogens with one attached hydrogen (secondary N) is 2. The molecule has 2 heterocycles. The molecule has 0 saturated heterocycles. The number of thiophene rings is 1. The summed E-state index contributed by atoms with van der Waals surface area (Å²) in [6.45, 7) is 1.70. The lowest BCUT2D eigenvalue weighted by Crippen LogP contribution is -2.39. The van der Waals surface area contributed by atoms with Crippen molar-refractivity contribution < 1.29 is 9.47 Å².